The van der Waals surface area contributed by atoms with Gasteiger partial charge in [0.2, 0.25) is 15.9 Å². The third-order valence-corrected chi connectivity index (χ3v) is 9.60. The Bertz CT molecular complexity index is 1920. The number of hydrogen-bond acceptors (Lipinski definition) is 8. The summed E-state index contributed by atoms with van der Waals surface area (Å²) in [5.41, 5.74) is 6.98. The van der Waals surface area contributed by atoms with E-state index >= 15 is 0 Å². The SMILES string of the molecule is [2H]C([2H])([2H])OC(=O)N[C@H](C(=O)NCCCC[C@@H](COP(=O)(O)O)N(CC([2H])(C([2H])([2H])[2H])C([2H])([2H])[2H])S(=O)(=O)c1ccc(N)cc1)C(c1ccccc1)c1ccccc1. The predicted molar refractivity (Wildman–Crippen MR) is 182 cm³/mol. The highest BCUT2D eigenvalue weighted by molar-refractivity contribution is 7.89. The number of benzene rings is 3. The van der Waals surface area contributed by atoms with Crippen LogP contribution in [0.15, 0.2) is 89.8 Å². The fourth-order valence-electron chi connectivity index (χ4n) is 5.02. The molecule has 13 nitrogen and oxygen atoms in total. The minimum Gasteiger partial charge on any atom is -0.453 e. The monoisotopic (exact) mass is 714 g/mol. The van der Waals surface area contributed by atoms with Gasteiger partial charge in [0.25, 0.3) is 0 Å². The first-order chi connectivity index (χ1) is 26.7. The fourth-order valence-corrected chi connectivity index (χ4v) is 6.99. The van der Waals surface area contributed by atoms with Gasteiger partial charge in [-0.2, -0.15) is 4.31 Å². The molecule has 2 amide bonds. The second kappa shape index (κ2) is 18.1. The topological polar surface area (TPSA) is 198 Å². The van der Waals surface area contributed by atoms with E-state index in [2.05, 4.69) is 19.9 Å². The molecule has 3 aromatic rings. The van der Waals surface area contributed by atoms with Gasteiger partial charge in [-0.1, -0.05) is 80.8 Å². The summed E-state index contributed by atoms with van der Waals surface area (Å²) < 4.78 is 127. The molecule has 48 heavy (non-hydrogen) atoms. The number of methoxy groups -OCH3 is 1. The Morgan fingerprint density at radius 1 is 0.979 bits per heavy atom. The van der Waals surface area contributed by atoms with Crippen LogP contribution in [-0.2, 0) is 28.6 Å². The number of anilines is 1. The standard InChI is InChI=1S/C33H45N4O9PS/c1-24(2)22-37(48(43,44)29-19-17-27(34)18-20-29)28(23-46-47(40,41)42)16-10-11-21-35-32(38)31(36-33(39)45-3)30(25-12-6-4-7-13-25)26-14-8-5-9-15-26/h4-9,12-15,17-20,24,28,30-31H,10-11,16,21-23,34H2,1-3H3,(H,35,38)(H,36,39)(H2,40,41,42)/t28-,31-/m0/s1/i1D3,2D3,3D3,24D. The van der Waals surface area contributed by atoms with E-state index in [-0.39, 0.29) is 31.5 Å². The normalized spacial score (nSPS) is 17.4. The van der Waals surface area contributed by atoms with Crippen molar-refractivity contribution in [2.45, 2.75) is 55.9 Å². The van der Waals surface area contributed by atoms with E-state index in [1.165, 1.54) is 12.1 Å². The van der Waals surface area contributed by atoms with Gasteiger partial charge in [-0.25, -0.2) is 17.8 Å². The molecule has 0 aliphatic carbocycles. The van der Waals surface area contributed by atoms with Gasteiger partial charge in [0, 0.05) is 40.3 Å². The molecule has 2 atom stereocenters. The van der Waals surface area contributed by atoms with Gasteiger partial charge in [-0.15, -0.1) is 0 Å². The number of alkyl carbamates (subject to hydrolysis) is 1. The molecule has 0 aliphatic heterocycles. The smallest absolute Gasteiger partial charge is 0.453 e. The Balaban J connectivity index is 1.95. The molecule has 0 fully saturated rings. The van der Waals surface area contributed by atoms with Crippen LogP contribution in [0.5, 0.6) is 0 Å². The Hall–Kier alpha value is -3.78. The lowest BCUT2D eigenvalue weighted by molar-refractivity contribution is -0.123. The lowest BCUT2D eigenvalue weighted by atomic mass is 9.84. The van der Waals surface area contributed by atoms with Gasteiger partial charge in [0.1, 0.15) is 6.04 Å². The maximum Gasteiger partial charge on any atom is 0.469 e. The van der Waals surface area contributed by atoms with Crippen molar-refractivity contribution in [3.8, 4) is 0 Å². The third-order valence-electron chi connectivity index (χ3n) is 7.21. The number of nitrogens with zero attached hydrogens (tertiary/aromatic N) is 1. The Kier molecular flexibility index (Phi) is 9.86. The first kappa shape index (κ1) is 26.1. The summed E-state index contributed by atoms with van der Waals surface area (Å²) in [6.07, 6.45) is -1.85. The number of carbonyl (C=O) groups excluding carboxylic acids is 2. The summed E-state index contributed by atoms with van der Waals surface area (Å²) in [6.45, 7) is -9.92. The molecular formula is C33H45N4O9PS. The van der Waals surface area contributed by atoms with Crippen LogP contribution >= 0.6 is 7.82 Å². The van der Waals surface area contributed by atoms with E-state index < -0.39 is 92.5 Å². The number of carbonyl (C=O) groups is 2. The number of phosphoric acid groups is 1. The number of sulfonamides is 1. The van der Waals surface area contributed by atoms with Crippen LogP contribution in [0.25, 0.3) is 0 Å². The van der Waals surface area contributed by atoms with E-state index in [0.717, 1.165) is 12.1 Å². The summed E-state index contributed by atoms with van der Waals surface area (Å²) >= 11 is 0. The molecule has 0 saturated heterocycles. The van der Waals surface area contributed by atoms with Crippen molar-refractivity contribution in [2.75, 3.05) is 32.5 Å². The highest BCUT2D eigenvalue weighted by Crippen LogP contribution is 2.37. The first-order valence-corrected chi connectivity index (χ1v) is 17.6. The van der Waals surface area contributed by atoms with Crippen molar-refractivity contribution >= 4 is 35.5 Å². The molecule has 3 aromatic carbocycles. The van der Waals surface area contributed by atoms with Crippen molar-refractivity contribution in [2.24, 2.45) is 5.89 Å². The molecule has 0 aromatic heterocycles. The molecule has 0 saturated carbocycles. The number of ether oxygens (including phenoxy) is 1. The zero-order chi connectivity index (χ0) is 43.7. The summed E-state index contributed by atoms with van der Waals surface area (Å²) in [5.74, 6) is -5.09. The molecule has 0 spiro atoms. The van der Waals surface area contributed by atoms with Crippen molar-refractivity contribution in [3.05, 3.63) is 96.1 Å². The molecule has 0 aliphatic rings. The molecule has 262 valence electrons. The lowest BCUT2D eigenvalue weighted by Crippen LogP contribution is -2.50. The molecule has 0 bridgehead atoms. The molecule has 0 heterocycles. The molecule has 3 rings (SSSR count). The quantitative estimate of drug-likeness (QED) is 0.0722. The van der Waals surface area contributed by atoms with Crippen molar-refractivity contribution < 1.29 is 55.3 Å². The summed E-state index contributed by atoms with van der Waals surface area (Å²) in [5, 5.41) is 4.98. The number of nitrogens with one attached hydrogen (secondary N) is 2. The number of nitrogen functional groups attached to an aromatic ring is 1. The number of unbranched alkanes of at least 4 members (excludes halogenated alkanes) is 1. The molecular weight excluding hydrogens is 659 g/mol. The number of hydrogen-bond donors (Lipinski definition) is 5. The Morgan fingerprint density at radius 3 is 2.12 bits per heavy atom. The van der Waals surface area contributed by atoms with Crippen LogP contribution < -0.4 is 16.4 Å². The summed E-state index contributed by atoms with van der Waals surface area (Å²) in [4.78, 5) is 45.1. The number of nitrogens with two attached hydrogens (primary N) is 1. The zero-order valence-corrected chi connectivity index (χ0v) is 27.4. The minimum atomic E-state index is -5.30. The third kappa shape index (κ3) is 11.7. The maximum absolute atomic E-state index is 14.1. The first-order valence-electron chi connectivity index (χ1n) is 19.6. The lowest BCUT2D eigenvalue weighted by Gasteiger charge is -2.32. The molecule has 6 N–H and O–H groups in total. The molecule has 0 radical (unpaired) electrons. The Morgan fingerprint density at radius 2 is 1.58 bits per heavy atom. The van der Waals surface area contributed by atoms with Gasteiger partial charge in [-0.05, 0) is 54.1 Å². The zero-order valence-electron chi connectivity index (χ0n) is 35.7. The van der Waals surface area contributed by atoms with E-state index in [1.807, 2.05) is 0 Å². The van der Waals surface area contributed by atoms with Crippen LogP contribution in [0, 0.1) is 5.89 Å². The molecule has 15 heteroatoms. The summed E-state index contributed by atoms with van der Waals surface area (Å²) in [6, 6.07) is 18.4. The molecule has 0 unspecified atom stereocenters. The number of amides is 2. The van der Waals surface area contributed by atoms with E-state index in [0.29, 0.717) is 15.4 Å². The second-order valence-corrected chi connectivity index (χ2v) is 13.8. The Labute approximate surface area is 296 Å². The van der Waals surface area contributed by atoms with Gasteiger partial charge in [0.05, 0.1) is 22.7 Å². The minimum absolute atomic E-state index is 0.00620. The van der Waals surface area contributed by atoms with Crippen LogP contribution in [0.3, 0.4) is 0 Å². The largest absolute Gasteiger partial charge is 0.469 e. The van der Waals surface area contributed by atoms with Crippen molar-refractivity contribution in [1.29, 1.82) is 0 Å². The van der Waals surface area contributed by atoms with Gasteiger partial charge in [-0.3, -0.25) is 9.32 Å². The number of phosphoric ester groups is 1. The van der Waals surface area contributed by atoms with Gasteiger partial charge < -0.3 is 30.9 Å². The van der Waals surface area contributed by atoms with E-state index in [4.69, 9.17) is 19.4 Å². The van der Waals surface area contributed by atoms with Gasteiger partial charge in [0.15, 0.2) is 0 Å². The number of rotatable bonds is 18. The second-order valence-electron chi connectivity index (χ2n) is 10.6. The maximum atomic E-state index is 14.1. The van der Waals surface area contributed by atoms with Crippen LogP contribution in [-0.4, -0.2) is 73.3 Å². The summed E-state index contributed by atoms with van der Waals surface area (Å²) in [7, 11) is -13.4. The van der Waals surface area contributed by atoms with Crippen LogP contribution in [0.1, 0.15) is 63.7 Å². The highest BCUT2D eigenvalue weighted by atomic mass is 32.2. The van der Waals surface area contributed by atoms with E-state index in [9.17, 15) is 32.4 Å². The average molecular weight is 715 g/mol. The van der Waals surface area contributed by atoms with Gasteiger partial charge >= 0.3 is 13.9 Å². The van der Waals surface area contributed by atoms with Crippen molar-refractivity contribution in [3.63, 3.8) is 0 Å². The fraction of sp³-hybridized carbons (Fsp3) is 0.394. The predicted octanol–water partition coefficient (Wildman–Crippen LogP) is 4.24. The highest BCUT2D eigenvalue weighted by Gasteiger charge is 2.35. The van der Waals surface area contributed by atoms with Crippen molar-refractivity contribution in [1.82, 2.24) is 14.9 Å². The van der Waals surface area contributed by atoms with Crippen LogP contribution in [0.4, 0.5) is 10.5 Å². The van der Waals surface area contributed by atoms with E-state index in [1.54, 1.807) is 60.7 Å². The average Bonchev–Trinajstić information content (AvgIpc) is 3.10. The van der Waals surface area contributed by atoms with Crippen LogP contribution in [0.2, 0.25) is 0 Å².